The van der Waals surface area contributed by atoms with Crippen LogP contribution < -0.4 is 24.8 Å². The van der Waals surface area contributed by atoms with E-state index in [-0.39, 0.29) is 30.2 Å². The van der Waals surface area contributed by atoms with E-state index in [4.69, 9.17) is 0 Å². The third kappa shape index (κ3) is 11.0. The molecule has 54 heavy (non-hydrogen) atoms. The van der Waals surface area contributed by atoms with Crippen molar-refractivity contribution in [3.63, 3.8) is 0 Å². The quantitative estimate of drug-likeness (QED) is 0.106. The van der Waals surface area contributed by atoms with Gasteiger partial charge in [-0.05, 0) is 74.3 Å². The van der Waals surface area contributed by atoms with Gasteiger partial charge in [0, 0.05) is 0 Å². The Balaban J connectivity index is 0.000000212. The molecule has 2 aliphatic carbocycles. The van der Waals surface area contributed by atoms with Crippen LogP contribution >= 0.6 is 0 Å². The monoisotopic (exact) mass is 848 g/mol. The van der Waals surface area contributed by atoms with Crippen molar-refractivity contribution in [3.05, 3.63) is 131 Å². The van der Waals surface area contributed by atoms with Crippen molar-refractivity contribution < 1.29 is 48.1 Å². The van der Waals surface area contributed by atoms with Crippen LogP contribution in [0, 0.1) is 24.7 Å². The predicted molar refractivity (Wildman–Crippen MR) is 227 cm³/mol. The van der Waals surface area contributed by atoms with E-state index >= 15 is 0 Å². The van der Waals surface area contributed by atoms with Gasteiger partial charge in [0.1, 0.15) is 0 Å². The molecule has 0 atom stereocenters. The van der Waals surface area contributed by atoms with E-state index in [9.17, 15) is 0 Å². The third-order valence-electron chi connectivity index (χ3n) is 12.3. The minimum absolute atomic E-state index is 0. The van der Waals surface area contributed by atoms with Crippen LogP contribution in [-0.2, 0) is 36.2 Å². The molecule has 2 saturated carbocycles. The summed E-state index contributed by atoms with van der Waals surface area (Å²) in [4.78, 5) is 0. The molecule has 0 amide bonds. The maximum absolute atomic E-state index is 2.46. The van der Waals surface area contributed by atoms with Gasteiger partial charge < -0.3 is 24.8 Å². The number of hydrogen-bond acceptors (Lipinski definition) is 0. The molecule has 0 bridgehead atoms. The van der Waals surface area contributed by atoms with E-state index in [1.54, 1.807) is 23.3 Å². The van der Waals surface area contributed by atoms with Gasteiger partial charge in [0.05, 0.1) is 0 Å². The number of rotatable bonds is 8. The van der Waals surface area contributed by atoms with Gasteiger partial charge in [0.25, 0.3) is 0 Å². The van der Waals surface area contributed by atoms with Gasteiger partial charge in [-0.1, -0.05) is 135 Å². The van der Waals surface area contributed by atoms with Gasteiger partial charge >= 0.3 is 41.9 Å². The van der Waals surface area contributed by atoms with Crippen molar-refractivity contribution in [2.45, 2.75) is 118 Å². The van der Waals surface area contributed by atoms with Crippen LogP contribution in [0.3, 0.4) is 0 Å². The summed E-state index contributed by atoms with van der Waals surface area (Å²) in [6, 6.07) is 41.1. The second kappa shape index (κ2) is 20.3. The summed E-state index contributed by atoms with van der Waals surface area (Å²) in [6.45, 7) is 13.7. The average molecular weight is 851 g/mol. The summed E-state index contributed by atoms with van der Waals surface area (Å²) in [5.41, 5.74) is 12.4. The van der Waals surface area contributed by atoms with Gasteiger partial charge in [-0.3, -0.25) is 0 Å². The van der Waals surface area contributed by atoms with E-state index in [0.717, 1.165) is 0 Å². The Bertz CT molecular complexity index is 1920. The number of hydrogen-bond donors (Lipinski definition) is 0. The summed E-state index contributed by atoms with van der Waals surface area (Å²) in [5.74, 6) is 0. The summed E-state index contributed by atoms with van der Waals surface area (Å²) < 4.78 is 0. The van der Waals surface area contributed by atoms with Gasteiger partial charge in [-0.15, -0.1) is 69.1 Å². The largest absolute Gasteiger partial charge is 1.00 e. The topological polar surface area (TPSA) is 0 Å². The summed E-state index contributed by atoms with van der Waals surface area (Å²) in [7, 11) is 0. The zero-order valence-corrected chi connectivity index (χ0v) is 38.6. The van der Waals surface area contributed by atoms with Gasteiger partial charge in [0.15, 0.2) is 0 Å². The molecular weight excluding hydrogens is 791 g/mol. The second-order valence-electron chi connectivity index (χ2n) is 16.6. The molecule has 284 valence electrons. The average Bonchev–Trinajstić information content (AvgIpc) is 3.96. The van der Waals surface area contributed by atoms with Crippen molar-refractivity contribution in [3.8, 4) is 22.3 Å². The zero-order chi connectivity index (χ0) is 36.7. The maximum Gasteiger partial charge on any atom is -1.00 e. The molecule has 8 rings (SSSR count). The first-order valence-corrected chi connectivity index (χ1v) is 26.3. The number of benzene rings is 4. The van der Waals surface area contributed by atoms with Crippen LogP contribution in [0.4, 0.5) is 0 Å². The van der Waals surface area contributed by atoms with Crippen LogP contribution in [0.1, 0.15) is 100 Å². The van der Waals surface area contributed by atoms with Crippen molar-refractivity contribution in [1.82, 2.24) is 0 Å². The Morgan fingerprint density at radius 2 is 0.889 bits per heavy atom. The molecule has 6 aromatic carbocycles. The molecule has 6 aromatic rings. The Morgan fingerprint density at radius 1 is 0.556 bits per heavy atom. The van der Waals surface area contributed by atoms with Gasteiger partial charge in [-0.25, -0.2) is 0 Å². The van der Waals surface area contributed by atoms with Crippen molar-refractivity contribution >= 4 is 27.0 Å². The van der Waals surface area contributed by atoms with E-state index in [1.807, 2.05) is 0 Å². The third-order valence-corrected chi connectivity index (χ3v) is 12.3. The second-order valence-corrected chi connectivity index (χ2v) is 25.9. The van der Waals surface area contributed by atoms with E-state index in [2.05, 4.69) is 150 Å². The van der Waals surface area contributed by atoms with Crippen LogP contribution in [0.25, 0.3) is 43.8 Å². The summed E-state index contributed by atoms with van der Waals surface area (Å²) in [5, 5.41) is 5.63. The summed E-state index contributed by atoms with van der Waals surface area (Å²) in [6.07, 6.45) is 16.5. The minimum Gasteiger partial charge on any atom is -1.00 e. The van der Waals surface area contributed by atoms with Crippen molar-refractivity contribution in [2.24, 2.45) is 10.8 Å². The van der Waals surface area contributed by atoms with Gasteiger partial charge in [-0.2, -0.15) is 12.1 Å². The Hall–Kier alpha value is -2.22. The number of halogens is 2. The van der Waals surface area contributed by atoms with E-state index < -0.39 is 0 Å². The molecule has 0 unspecified atom stereocenters. The molecular formula is C50H60Cl2SiZr-2. The summed E-state index contributed by atoms with van der Waals surface area (Å²) >= 11 is 1.74. The first-order valence-electron chi connectivity index (χ1n) is 20.1. The Labute approximate surface area is 354 Å². The molecule has 0 N–H and O–H groups in total. The standard InChI is InChI=1S/2C24H27.C2H6Si.2ClH.Zr/c2*1-3-24(13-4-5-14-24)17-19-15-21-7-6-8-22(23(21)16-19)20-11-9-18(2)10-12-20;1-3-2;;;/h2*6-12,15-16H,3-5,13-14,17H2,1-2H3;1-2H3;2*1H;/q2*-1;;;;+2/p-2. The molecule has 0 saturated heterocycles. The number of aryl methyl sites for hydroxylation is 2. The molecule has 0 aliphatic heterocycles. The fraction of sp³-hybridized carbons (Fsp3) is 0.400. The normalized spacial score (nSPS) is 15.4. The van der Waals surface area contributed by atoms with E-state index in [1.165, 1.54) is 143 Å². The molecule has 0 aromatic heterocycles. The molecule has 0 heterocycles. The smallest absolute Gasteiger partial charge is 1.00 e. The Kier molecular flexibility index (Phi) is 16.7. The minimum atomic E-state index is 0. The molecule has 0 nitrogen and oxygen atoms in total. The molecule has 0 radical (unpaired) electrons. The van der Waals surface area contributed by atoms with Crippen LogP contribution in [-0.4, -0.2) is 5.43 Å². The maximum atomic E-state index is 2.46. The fourth-order valence-corrected chi connectivity index (χ4v) is 9.19. The first kappa shape index (κ1) is 44.5. The molecule has 2 aliphatic rings. The van der Waals surface area contributed by atoms with Crippen LogP contribution in [0.15, 0.2) is 109 Å². The van der Waals surface area contributed by atoms with Gasteiger partial charge in [0.2, 0.25) is 0 Å². The van der Waals surface area contributed by atoms with Crippen LogP contribution in [0.5, 0.6) is 0 Å². The Morgan fingerprint density at radius 3 is 1.20 bits per heavy atom. The molecule has 4 heteroatoms. The predicted octanol–water partition coefficient (Wildman–Crippen LogP) is 8.89. The van der Waals surface area contributed by atoms with Crippen molar-refractivity contribution in [2.75, 3.05) is 0 Å². The van der Waals surface area contributed by atoms with Crippen LogP contribution in [0.2, 0.25) is 13.1 Å². The fourth-order valence-electron chi connectivity index (χ4n) is 9.19. The first-order chi connectivity index (χ1) is 25.1. The number of fused-ring (bicyclic) bond motifs is 2. The zero-order valence-electron chi connectivity index (χ0n) is 33.6. The molecule has 2 fully saturated rings. The SMILES string of the molecule is CCC1(Cc2cc3c(-c4ccc(C)cc4)cccc3[cH-]2)CCCC1.CCC1(Cc2cc3c(-c4ccc(C)cc4)cccc3[cH-]2)CCCC1.C[Si](C)=[Zr+2].[Cl-].[Cl-]. The molecule has 0 spiro atoms. The van der Waals surface area contributed by atoms with Crippen molar-refractivity contribution in [1.29, 1.82) is 0 Å². The van der Waals surface area contributed by atoms with E-state index in [0.29, 0.717) is 10.8 Å².